The Morgan fingerprint density at radius 3 is 2.57 bits per heavy atom. The fourth-order valence-electron chi connectivity index (χ4n) is 5.48. The molecule has 1 atom stereocenters. The van der Waals surface area contributed by atoms with Crippen molar-refractivity contribution < 1.29 is 14.4 Å². The molecule has 2 N–H and O–H groups in total. The summed E-state index contributed by atoms with van der Waals surface area (Å²) in [5.41, 5.74) is 4.28. The molecule has 1 unspecified atom stereocenters. The first-order valence-corrected chi connectivity index (χ1v) is 13.4. The first-order chi connectivity index (χ1) is 17.7. The normalized spacial score (nSPS) is 19.2. The summed E-state index contributed by atoms with van der Waals surface area (Å²) in [5, 5.41) is 5.46. The Kier molecular flexibility index (Phi) is 8.41. The average molecular weight is 503 g/mol. The van der Waals surface area contributed by atoms with Gasteiger partial charge in [-0.05, 0) is 67.9 Å². The molecule has 0 aromatic heterocycles. The van der Waals surface area contributed by atoms with Gasteiger partial charge < -0.3 is 10.2 Å². The topological polar surface area (TPSA) is 90.9 Å². The van der Waals surface area contributed by atoms with Crippen LogP contribution in [0.4, 0.5) is 10.5 Å². The van der Waals surface area contributed by atoms with Crippen LogP contribution in [0.5, 0.6) is 0 Å². The van der Waals surface area contributed by atoms with E-state index in [9.17, 15) is 14.4 Å². The number of urea groups is 1. The third-order valence-electron chi connectivity index (χ3n) is 7.47. The van der Waals surface area contributed by atoms with Gasteiger partial charge in [-0.15, -0.1) is 0 Å². The van der Waals surface area contributed by atoms with E-state index in [0.29, 0.717) is 18.5 Å². The Labute approximate surface area is 219 Å². The van der Waals surface area contributed by atoms with Gasteiger partial charge in [0.15, 0.2) is 0 Å². The standard InChI is InChI=1S/C30H38N4O3/c1-19(2)25(17-26(35)22-12-6-5-7-13-22)34-27-21(4)11-9-14-23(27)18-31-28(29(34)36)33-30(37)32-24-15-8-10-20(3)16-24/h8-11,15-16,18-19,22,25H,5-7,12-14,17H2,1-4H3,(H2,31,32,33,37). The second-order valence-electron chi connectivity index (χ2n) is 10.7. The van der Waals surface area contributed by atoms with E-state index in [-0.39, 0.29) is 29.5 Å². The van der Waals surface area contributed by atoms with Crippen LogP contribution in [0.25, 0.3) is 0 Å². The average Bonchev–Trinajstić information content (AvgIpc) is 3.00. The Morgan fingerprint density at radius 2 is 1.86 bits per heavy atom. The lowest BCUT2D eigenvalue weighted by Gasteiger charge is -2.38. The van der Waals surface area contributed by atoms with Gasteiger partial charge in [-0.2, -0.15) is 0 Å². The number of nitrogens with zero attached hydrogens (tertiary/aromatic N) is 2. The van der Waals surface area contributed by atoms with E-state index in [1.54, 1.807) is 17.2 Å². The molecule has 4 rings (SSSR count). The molecule has 196 valence electrons. The number of Topliss-reactive ketones (excluding diaryl/α,β-unsaturated/α-hetero) is 1. The first kappa shape index (κ1) is 26.6. The molecule has 37 heavy (non-hydrogen) atoms. The number of amides is 3. The molecule has 1 heterocycles. The third kappa shape index (κ3) is 6.27. The van der Waals surface area contributed by atoms with Gasteiger partial charge in [-0.1, -0.05) is 57.4 Å². The van der Waals surface area contributed by atoms with E-state index >= 15 is 0 Å². The predicted octanol–water partition coefficient (Wildman–Crippen LogP) is 6.04. The first-order valence-electron chi connectivity index (χ1n) is 13.4. The zero-order valence-corrected chi connectivity index (χ0v) is 22.3. The number of aliphatic imine (C=N–C) groups is 1. The van der Waals surface area contributed by atoms with Crippen molar-refractivity contribution in [2.45, 2.75) is 78.7 Å². The van der Waals surface area contributed by atoms with Gasteiger partial charge in [0.2, 0.25) is 5.84 Å². The van der Waals surface area contributed by atoms with Gasteiger partial charge in [0.05, 0.1) is 5.70 Å². The lowest BCUT2D eigenvalue weighted by atomic mass is 9.82. The van der Waals surface area contributed by atoms with Gasteiger partial charge >= 0.3 is 6.03 Å². The number of carbonyl (C=O) groups excluding carboxylic acids is 3. The Balaban J connectivity index is 1.63. The minimum Gasteiger partial charge on any atom is -0.308 e. The zero-order valence-electron chi connectivity index (χ0n) is 22.3. The van der Waals surface area contributed by atoms with Crippen LogP contribution in [-0.2, 0) is 9.59 Å². The van der Waals surface area contributed by atoms with Crippen LogP contribution >= 0.6 is 0 Å². The second-order valence-corrected chi connectivity index (χ2v) is 10.7. The fourth-order valence-corrected chi connectivity index (χ4v) is 5.48. The summed E-state index contributed by atoms with van der Waals surface area (Å²) in [6.07, 6.45) is 11.9. The zero-order chi connectivity index (χ0) is 26.5. The largest absolute Gasteiger partial charge is 0.325 e. The number of benzene rings is 1. The van der Waals surface area contributed by atoms with Gasteiger partial charge in [0.25, 0.3) is 5.91 Å². The van der Waals surface area contributed by atoms with E-state index in [0.717, 1.165) is 48.1 Å². The van der Waals surface area contributed by atoms with Crippen molar-refractivity contribution in [2.75, 3.05) is 5.32 Å². The number of hydrogen-bond donors (Lipinski definition) is 2. The lowest BCUT2D eigenvalue weighted by molar-refractivity contribution is -0.129. The Bertz CT molecular complexity index is 1180. The number of fused-ring (bicyclic) bond motifs is 1. The molecule has 7 heteroatoms. The van der Waals surface area contributed by atoms with Crippen molar-refractivity contribution in [1.82, 2.24) is 10.2 Å². The van der Waals surface area contributed by atoms with Crippen molar-refractivity contribution >= 4 is 29.2 Å². The smallest absolute Gasteiger partial charge is 0.308 e. The number of ketones is 1. The maximum atomic E-state index is 14.0. The molecule has 0 bridgehead atoms. The van der Waals surface area contributed by atoms with E-state index < -0.39 is 11.9 Å². The number of carbonyl (C=O) groups is 3. The molecule has 7 nitrogen and oxygen atoms in total. The maximum Gasteiger partial charge on any atom is 0.325 e. The number of amidine groups is 1. The van der Waals surface area contributed by atoms with Gasteiger partial charge in [-0.3, -0.25) is 14.9 Å². The Morgan fingerprint density at radius 1 is 1.11 bits per heavy atom. The van der Waals surface area contributed by atoms with Crippen molar-refractivity contribution in [3.63, 3.8) is 0 Å². The number of anilines is 1. The minimum absolute atomic E-state index is 0.0319. The molecule has 0 radical (unpaired) electrons. The van der Waals surface area contributed by atoms with Crippen molar-refractivity contribution in [3.8, 4) is 0 Å². The molecular weight excluding hydrogens is 464 g/mol. The summed E-state index contributed by atoms with van der Waals surface area (Å²) in [6.45, 7) is 8.01. The third-order valence-corrected chi connectivity index (χ3v) is 7.47. The fraction of sp³-hybridized carbons (Fsp3) is 0.467. The molecule has 3 amide bonds. The summed E-state index contributed by atoms with van der Waals surface area (Å²) in [5.74, 6) is -0.119. The van der Waals surface area contributed by atoms with Gasteiger partial charge in [0.1, 0.15) is 5.78 Å². The van der Waals surface area contributed by atoms with Crippen LogP contribution in [-0.4, -0.2) is 34.5 Å². The van der Waals surface area contributed by atoms with Crippen LogP contribution in [0.2, 0.25) is 0 Å². The van der Waals surface area contributed by atoms with Crippen LogP contribution in [0.1, 0.15) is 71.3 Å². The molecule has 0 saturated heterocycles. The second kappa shape index (κ2) is 11.7. The highest BCUT2D eigenvalue weighted by Crippen LogP contribution is 2.35. The van der Waals surface area contributed by atoms with Crippen LogP contribution in [0.3, 0.4) is 0 Å². The highest BCUT2D eigenvalue weighted by atomic mass is 16.2. The highest BCUT2D eigenvalue weighted by molar-refractivity contribution is 6.41. The van der Waals surface area contributed by atoms with E-state index in [2.05, 4.69) is 15.6 Å². The summed E-state index contributed by atoms with van der Waals surface area (Å²) >= 11 is 0. The van der Waals surface area contributed by atoms with Crippen molar-refractivity contribution in [3.05, 3.63) is 65.0 Å². The van der Waals surface area contributed by atoms with Crippen molar-refractivity contribution in [2.24, 2.45) is 16.8 Å². The number of aryl methyl sites for hydroxylation is 1. The molecule has 1 aromatic rings. The molecule has 0 spiro atoms. The summed E-state index contributed by atoms with van der Waals surface area (Å²) < 4.78 is 0. The lowest BCUT2D eigenvalue weighted by Crippen LogP contribution is -2.51. The van der Waals surface area contributed by atoms with E-state index in [1.807, 2.05) is 58.0 Å². The van der Waals surface area contributed by atoms with Crippen LogP contribution in [0.15, 0.2) is 64.5 Å². The number of nitrogens with one attached hydrogen (secondary N) is 2. The molecule has 2 aliphatic carbocycles. The summed E-state index contributed by atoms with van der Waals surface area (Å²) in [6, 6.07) is 6.56. The molecule has 1 fully saturated rings. The monoisotopic (exact) mass is 502 g/mol. The summed E-state index contributed by atoms with van der Waals surface area (Å²) in [4.78, 5) is 46.4. The Hall–Kier alpha value is -3.48. The van der Waals surface area contributed by atoms with Gasteiger partial charge in [0, 0.05) is 30.3 Å². The molecule has 1 saturated carbocycles. The van der Waals surface area contributed by atoms with E-state index in [1.165, 1.54) is 6.42 Å². The van der Waals surface area contributed by atoms with Gasteiger partial charge in [-0.25, -0.2) is 9.79 Å². The van der Waals surface area contributed by atoms with Crippen LogP contribution < -0.4 is 10.6 Å². The summed E-state index contributed by atoms with van der Waals surface area (Å²) in [7, 11) is 0. The molecule has 3 aliphatic rings. The quantitative estimate of drug-likeness (QED) is 0.497. The van der Waals surface area contributed by atoms with Crippen molar-refractivity contribution in [1.29, 1.82) is 0 Å². The SMILES string of the molecule is CC1=C2C(=CN=C(NC(=O)Nc3cccc(C)c3)C(=O)N2C(CC(=O)C2CCCCC2)C(C)C)CC=C1. The predicted molar refractivity (Wildman–Crippen MR) is 147 cm³/mol. The molecule has 1 aliphatic heterocycles. The number of rotatable bonds is 6. The van der Waals surface area contributed by atoms with Crippen LogP contribution in [0, 0.1) is 18.8 Å². The van der Waals surface area contributed by atoms with E-state index in [4.69, 9.17) is 0 Å². The maximum absolute atomic E-state index is 14.0. The number of allylic oxidation sites excluding steroid dienone is 4. The number of hydrogen-bond acceptors (Lipinski definition) is 4. The highest BCUT2D eigenvalue weighted by Gasteiger charge is 2.38. The molecular formula is C30H38N4O3. The minimum atomic E-state index is -0.538. The molecule has 1 aromatic carbocycles.